The van der Waals surface area contributed by atoms with Gasteiger partial charge in [-0.15, -0.1) is 26.3 Å². The lowest BCUT2D eigenvalue weighted by Crippen LogP contribution is -2.26. The molecule has 0 radical (unpaired) electrons. The molecular weight excluding hydrogens is 1220 g/mol. The number of ether oxygens (including phenoxy) is 8. The van der Waals surface area contributed by atoms with Crippen molar-refractivity contribution in [1.29, 1.82) is 21.0 Å². The molecule has 0 spiro atoms. The molecule has 10 aromatic carbocycles. The molecule has 0 saturated heterocycles. The summed E-state index contributed by atoms with van der Waals surface area (Å²) in [5, 5.41) is 43.9. The van der Waals surface area contributed by atoms with E-state index in [-0.39, 0.29) is 68.2 Å². The van der Waals surface area contributed by atoms with E-state index in [9.17, 15) is 21.0 Å². The average Bonchev–Trinajstić information content (AvgIpc) is 0.763. The highest BCUT2D eigenvalue weighted by Crippen LogP contribution is 2.51. The van der Waals surface area contributed by atoms with Crippen LogP contribution < -0.4 is 37.9 Å². The molecule has 0 unspecified atom stereocenters. The number of benzene rings is 10. The first kappa shape index (κ1) is 67.0. The van der Waals surface area contributed by atoms with Gasteiger partial charge in [-0.1, -0.05) is 149 Å². The van der Waals surface area contributed by atoms with Crippen LogP contribution in [0.1, 0.15) is 107 Å². The van der Waals surface area contributed by atoms with Crippen LogP contribution in [-0.2, 0) is 49.4 Å². The normalized spacial score (nSPS) is 12.6. The molecule has 11 rings (SSSR count). The van der Waals surface area contributed by atoms with Crippen molar-refractivity contribution >= 4 is 0 Å². The Balaban J connectivity index is 1.03. The topological polar surface area (TPSA) is 169 Å². The van der Waals surface area contributed by atoms with Gasteiger partial charge in [-0.2, -0.15) is 21.0 Å². The molecular formula is C86H72N4O8. The summed E-state index contributed by atoms with van der Waals surface area (Å²) in [4.78, 5) is 0. The van der Waals surface area contributed by atoms with E-state index in [2.05, 4.69) is 78.3 Å². The highest BCUT2D eigenvalue weighted by molar-refractivity contribution is 5.64. The van der Waals surface area contributed by atoms with Crippen LogP contribution in [0.25, 0.3) is 0 Å². The fourth-order valence-electron chi connectivity index (χ4n) is 12.2. The van der Waals surface area contributed by atoms with Crippen molar-refractivity contribution in [2.24, 2.45) is 0 Å². The van der Waals surface area contributed by atoms with Crippen molar-refractivity contribution < 1.29 is 37.9 Å². The van der Waals surface area contributed by atoms with E-state index >= 15 is 0 Å². The molecule has 12 heteroatoms. The number of hydrogen-bond acceptors (Lipinski definition) is 12. The van der Waals surface area contributed by atoms with Gasteiger partial charge in [0, 0.05) is 0 Å². The van der Waals surface area contributed by atoms with Crippen molar-refractivity contribution in [3.05, 3.63) is 312 Å². The summed E-state index contributed by atoms with van der Waals surface area (Å²) >= 11 is 0. The van der Waals surface area contributed by atoms with Crippen molar-refractivity contribution in [2.45, 2.75) is 89.9 Å². The molecule has 484 valence electrons. The molecule has 98 heavy (non-hydrogen) atoms. The van der Waals surface area contributed by atoms with Crippen LogP contribution in [0.2, 0.25) is 0 Å². The predicted molar refractivity (Wildman–Crippen MR) is 382 cm³/mol. The molecule has 0 bridgehead atoms. The summed E-state index contributed by atoms with van der Waals surface area (Å²) in [7, 11) is 0. The maximum Gasteiger partial charge on any atom is 0.170 e. The Bertz CT molecular complexity index is 4570. The van der Waals surface area contributed by atoms with Gasteiger partial charge in [-0.3, -0.25) is 0 Å². The molecule has 0 heterocycles. The van der Waals surface area contributed by atoms with Crippen LogP contribution in [0.4, 0.5) is 0 Å². The zero-order valence-electron chi connectivity index (χ0n) is 55.3. The summed E-state index contributed by atoms with van der Waals surface area (Å²) in [6.45, 7) is 24.5. The van der Waals surface area contributed by atoms with E-state index in [1.807, 2.05) is 121 Å². The molecule has 0 aromatic heterocycles. The number of nitriles is 4. The Morgan fingerprint density at radius 2 is 0.500 bits per heavy atom. The lowest BCUT2D eigenvalue weighted by molar-refractivity contribution is 0.396. The third kappa shape index (κ3) is 14.9. The second kappa shape index (κ2) is 30.3. The number of rotatable bonds is 24. The zero-order chi connectivity index (χ0) is 68.8. The summed E-state index contributed by atoms with van der Waals surface area (Å²) in [6, 6.07) is 68.7. The summed E-state index contributed by atoms with van der Waals surface area (Å²) in [5.74, 6) is 5.47. The second-order valence-corrected chi connectivity index (χ2v) is 24.9. The standard InChI is InChI=1S/C86H72N4O8/c1-9-25-57-29-13-17-33-69(57)91-73-37-21-41-77(63(73)53-87)95-81-49-61-45-47-86(7,8)68-52-84(98-80-44-24-40-76(66(80)56-90)94-72-36-20-16-32-60(72)28-12-4)82(96-78-42-22-38-74(64(78)54-88)92-70-34-18-14-30-58(70)26-10-2)50-62(68)46-48-85(5,6)67(61)51-83(81)97-79-43-23-39-75(65(79)55-89)93-71-35-19-15-31-59(71)27-11-3/h9-24,29-44,49-52H,1-4,25-28,45-48H2,5-8H3. The molecule has 0 amide bonds. The molecule has 0 aliphatic heterocycles. The average molecular weight is 1290 g/mol. The maximum absolute atomic E-state index is 11.0. The van der Waals surface area contributed by atoms with Crippen molar-refractivity contribution in [2.75, 3.05) is 0 Å². The van der Waals surface area contributed by atoms with E-state index in [0.717, 1.165) is 44.5 Å². The van der Waals surface area contributed by atoms with Gasteiger partial charge in [0.25, 0.3) is 0 Å². The number of nitrogens with zero attached hydrogens (tertiary/aromatic N) is 4. The lowest BCUT2D eigenvalue weighted by atomic mass is 9.70. The predicted octanol–water partition coefficient (Wildman–Crippen LogP) is 22.6. The van der Waals surface area contributed by atoms with Crippen LogP contribution in [-0.4, -0.2) is 0 Å². The van der Waals surface area contributed by atoms with Gasteiger partial charge in [0.05, 0.1) is 0 Å². The Hall–Kier alpha value is -12.5. The molecule has 0 saturated carbocycles. The Morgan fingerprint density at radius 3 is 0.724 bits per heavy atom. The number of allylic oxidation sites excluding steroid dienone is 4. The fourth-order valence-corrected chi connectivity index (χ4v) is 12.2. The highest BCUT2D eigenvalue weighted by Gasteiger charge is 2.34. The van der Waals surface area contributed by atoms with E-state index < -0.39 is 10.8 Å². The monoisotopic (exact) mass is 1290 g/mol. The van der Waals surface area contributed by atoms with Crippen LogP contribution in [0.5, 0.6) is 92.0 Å². The minimum Gasteiger partial charge on any atom is -0.456 e. The second-order valence-electron chi connectivity index (χ2n) is 24.9. The minimum atomic E-state index is -0.586. The van der Waals surface area contributed by atoms with Gasteiger partial charge < -0.3 is 37.9 Å². The van der Waals surface area contributed by atoms with Gasteiger partial charge in [0.1, 0.15) is 116 Å². The number of fused-ring (bicyclic) bond motifs is 2. The zero-order valence-corrected chi connectivity index (χ0v) is 55.3. The Kier molecular flexibility index (Phi) is 20.7. The third-order valence-electron chi connectivity index (χ3n) is 17.3. The maximum atomic E-state index is 11.0. The molecule has 10 aromatic rings. The SMILES string of the molecule is C=CCc1ccccc1Oc1cccc(Oc2cc3c(cc2Oc2cccc(Oc4ccccc4CC=C)c2C#N)C(C)(C)CCc2cc(Oc4cccc(Oc5ccccc5CC=C)c4C#N)c(Oc4cccc(Oc5ccccc5CC=C)c4C#N)cc2C(C)(C)CC3)c1C#N. The highest BCUT2D eigenvalue weighted by atomic mass is 16.5. The Morgan fingerprint density at radius 1 is 0.296 bits per heavy atom. The molecule has 1 aliphatic rings. The number of para-hydroxylation sites is 4. The third-order valence-corrected chi connectivity index (χ3v) is 17.3. The van der Waals surface area contributed by atoms with Gasteiger partial charge in [0.15, 0.2) is 23.0 Å². The number of hydrogen-bond donors (Lipinski definition) is 0. The molecule has 0 N–H and O–H groups in total. The van der Waals surface area contributed by atoms with Crippen LogP contribution >= 0.6 is 0 Å². The van der Waals surface area contributed by atoms with Gasteiger partial charge in [-0.25, -0.2) is 0 Å². The lowest BCUT2D eigenvalue weighted by Gasteiger charge is -2.35. The molecule has 0 atom stereocenters. The van der Waals surface area contributed by atoms with Gasteiger partial charge in [-0.05, 0) is 204 Å². The quantitative estimate of drug-likeness (QED) is 0.0526. The minimum absolute atomic E-state index is 0.155. The number of aryl methyl sites for hydroxylation is 2. The van der Waals surface area contributed by atoms with Gasteiger partial charge >= 0.3 is 0 Å². The van der Waals surface area contributed by atoms with Crippen LogP contribution in [0, 0.1) is 45.3 Å². The van der Waals surface area contributed by atoms with Crippen molar-refractivity contribution in [3.8, 4) is 116 Å². The van der Waals surface area contributed by atoms with Crippen molar-refractivity contribution in [1.82, 2.24) is 0 Å². The van der Waals surface area contributed by atoms with E-state index in [1.165, 1.54) is 0 Å². The molecule has 0 fully saturated rings. The summed E-state index contributed by atoms with van der Waals surface area (Å²) < 4.78 is 54.0. The van der Waals surface area contributed by atoms with Gasteiger partial charge in [0.2, 0.25) is 0 Å². The van der Waals surface area contributed by atoms with Crippen LogP contribution in [0.3, 0.4) is 0 Å². The summed E-state index contributed by atoms with van der Waals surface area (Å²) in [6.07, 6.45) is 11.6. The largest absolute Gasteiger partial charge is 0.456 e. The summed E-state index contributed by atoms with van der Waals surface area (Å²) in [5.41, 5.74) is 6.90. The first-order valence-corrected chi connectivity index (χ1v) is 32.3. The first-order chi connectivity index (χ1) is 47.7. The Labute approximate surface area is 573 Å². The van der Waals surface area contributed by atoms with Crippen LogP contribution in [0.15, 0.2) is 245 Å². The molecule has 1 aliphatic carbocycles. The fraction of sp³-hybridized carbons (Fsp3) is 0.163. The van der Waals surface area contributed by atoms with E-state index in [1.54, 1.807) is 97.1 Å². The smallest absolute Gasteiger partial charge is 0.170 e. The molecule has 12 nitrogen and oxygen atoms in total. The van der Waals surface area contributed by atoms with E-state index in [4.69, 9.17) is 37.9 Å². The van der Waals surface area contributed by atoms with Crippen molar-refractivity contribution in [3.63, 3.8) is 0 Å². The van der Waals surface area contributed by atoms with E-state index in [0.29, 0.717) is 97.4 Å². The first-order valence-electron chi connectivity index (χ1n) is 32.3.